The molecule has 45 heavy (non-hydrogen) atoms. The minimum absolute atomic E-state index is 0.167. The van der Waals surface area contributed by atoms with Gasteiger partial charge in [0.05, 0.1) is 6.10 Å². The van der Waals surface area contributed by atoms with E-state index in [1.165, 1.54) is 57.8 Å². The third kappa shape index (κ3) is 36.1. The number of hydrogen-bond acceptors (Lipinski definition) is 8. The van der Waals surface area contributed by atoms with Crippen molar-refractivity contribution in [3.05, 3.63) is 0 Å². The summed E-state index contributed by atoms with van der Waals surface area (Å²) in [5, 5.41) is 16.5. The first-order valence-corrected chi connectivity index (χ1v) is 17.6. The molecule has 0 aromatic carbocycles. The smallest absolute Gasteiger partial charge is 0.308 e. The van der Waals surface area contributed by atoms with E-state index in [4.69, 9.17) is 24.4 Å². The molecule has 0 saturated carbocycles. The van der Waals surface area contributed by atoms with Crippen LogP contribution in [0, 0.1) is 0 Å². The summed E-state index contributed by atoms with van der Waals surface area (Å²) < 4.78 is 16.2. The first kappa shape index (κ1) is 44.9. The molecule has 0 aliphatic carbocycles. The molecule has 1 fully saturated rings. The molecule has 1 heterocycles. The molecule has 0 aromatic rings. The Bertz CT molecular complexity index is 706. The van der Waals surface area contributed by atoms with E-state index in [1.807, 2.05) is 19.0 Å². The van der Waals surface area contributed by atoms with Crippen molar-refractivity contribution in [1.29, 1.82) is 0 Å². The van der Waals surface area contributed by atoms with Crippen LogP contribution in [0.1, 0.15) is 162 Å². The van der Waals surface area contributed by atoms with E-state index in [-0.39, 0.29) is 24.6 Å². The van der Waals surface area contributed by atoms with Crippen LogP contribution in [0.3, 0.4) is 0 Å². The lowest BCUT2D eigenvalue weighted by atomic mass is 10.1. The predicted octanol–water partition coefficient (Wildman–Crippen LogP) is 8.14. The molecule has 0 spiro atoms. The lowest BCUT2D eigenvalue weighted by molar-refractivity contribution is -0.180. The molecule has 2 N–H and O–H groups in total. The summed E-state index contributed by atoms with van der Waals surface area (Å²) in [5.41, 5.74) is 0. The van der Waals surface area contributed by atoms with E-state index in [1.54, 1.807) is 0 Å². The second-order valence-electron chi connectivity index (χ2n) is 12.1. The van der Waals surface area contributed by atoms with Crippen LogP contribution in [-0.2, 0) is 33.4 Å². The average molecular weight is 646 g/mol. The molecule has 0 aromatic heterocycles. The van der Waals surface area contributed by atoms with E-state index >= 15 is 0 Å². The van der Waals surface area contributed by atoms with Gasteiger partial charge in [0, 0.05) is 32.1 Å². The van der Waals surface area contributed by atoms with Gasteiger partial charge < -0.3 is 29.3 Å². The van der Waals surface area contributed by atoms with Gasteiger partial charge in [-0.2, -0.15) is 0 Å². The zero-order chi connectivity index (χ0) is 34.1. The zero-order valence-electron chi connectivity index (χ0n) is 29.3. The summed E-state index contributed by atoms with van der Waals surface area (Å²) in [4.78, 5) is 45.5. The minimum atomic E-state index is -0.670. The summed E-state index contributed by atoms with van der Waals surface area (Å²) in [7, 11) is 3.95. The van der Waals surface area contributed by atoms with Gasteiger partial charge in [0.25, 0.3) is 0 Å². The van der Waals surface area contributed by atoms with Crippen LogP contribution in [0.4, 0.5) is 0 Å². The highest BCUT2D eigenvalue weighted by Gasteiger charge is 2.29. The highest BCUT2D eigenvalue weighted by Crippen LogP contribution is 2.22. The van der Waals surface area contributed by atoms with Crippen molar-refractivity contribution >= 4 is 23.9 Å². The number of carboxylic acid groups (broad SMARTS) is 2. The number of unbranched alkanes of at least 4 members (excludes halogenated alkanes) is 12. The number of rotatable bonds is 25. The van der Waals surface area contributed by atoms with Crippen molar-refractivity contribution in [3.8, 4) is 0 Å². The summed E-state index contributed by atoms with van der Waals surface area (Å²) in [6.07, 6.45) is 19.7. The van der Waals surface area contributed by atoms with Gasteiger partial charge in [-0.15, -0.1) is 0 Å². The zero-order valence-corrected chi connectivity index (χ0v) is 29.3. The lowest BCUT2D eigenvalue weighted by Gasteiger charge is -2.15. The second-order valence-corrected chi connectivity index (χ2v) is 12.1. The van der Waals surface area contributed by atoms with Crippen LogP contribution in [0.2, 0.25) is 0 Å². The maximum Gasteiger partial charge on any atom is 0.308 e. The van der Waals surface area contributed by atoms with Gasteiger partial charge in [0.1, 0.15) is 6.61 Å². The number of nitrogens with zero attached hydrogens (tertiary/aromatic N) is 1. The molecule has 0 bridgehead atoms. The van der Waals surface area contributed by atoms with Crippen LogP contribution in [-0.4, -0.2) is 78.6 Å². The van der Waals surface area contributed by atoms with Crippen LogP contribution in [0.25, 0.3) is 0 Å². The normalized spacial score (nSPS) is 15.4. The Morgan fingerprint density at radius 3 is 1.51 bits per heavy atom. The first-order valence-electron chi connectivity index (χ1n) is 17.6. The summed E-state index contributed by atoms with van der Waals surface area (Å²) in [5.74, 6) is -1.73. The largest absolute Gasteiger partial charge is 0.481 e. The van der Waals surface area contributed by atoms with Gasteiger partial charge in [-0.05, 0) is 52.7 Å². The topological polar surface area (TPSA) is 140 Å². The van der Waals surface area contributed by atoms with Gasteiger partial charge in [0.2, 0.25) is 6.29 Å². The molecule has 1 aliphatic heterocycles. The van der Waals surface area contributed by atoms with Crippen LogP contribution < -0.4 is 0 Å². The third-order valence-corrected chi connectivity index (χ3v) is 7.22. The standard InChI is InChI=1S/C19H35NO5.2C8H16O2/c1-4-5-6-7-8-10-18(22)25-19-13-12-16(24-19)15-23-17(21)11-9-14-20(2)3;2*1-2-3-4-5-6-7-8(9)10/h16,19H,4-15H2,1-3H3;2*2-7H2,1H3,(H,9,10)/t16?,19-;;/m0../s1. The maximum atomic E-state index is 11.8. The molecule has 2 atom stereocenters. The Morgan fingerprint density at radius 1 is 0.622 bits per heavy atom. The number of aliphatic carboxylic acids is 2. The van der Waals surface area contributed by atoms with Crippen LogP contribution in [0.15, 0.2) is 0 Å². The molecule has 1 saturated heterocycles. The van der Waals surface area contributed by atoms with Crippen molar-refractivity contribution < 1.29 is 43.6 Å². The highest BCUT2D eigenvalue weighted by atomic mass is 16.7. The molecule has 10 nitrogen and oxygen atoms in total. The number of carbonyl (C=O) groups is 4. The number of ether oxygens (including phenoxy) is 3. The first-order chi connectivity index (χ1) is 21.5. The number of carbonyl (C=O) groups excluding carboxylic acids is 2. The van der Waals surface area contributed by atoms with Crippen molar-refractivity contribution in [1.82, 2.24) is 4.90 Å². The molecular weight excluding hydrogens is 578 g/mol. The number of carboxylic acids is 2. The Hall–Kier alpha value is -2.20. The lowest BCUT2D eigenvalue weighted by Crippen LogP contribution is -2.23. The number of hydrogen-bond donors (Lipinski definition) is 2. The Kier molecular flexibility index (Phi) is 33.1. The van der Waals surface area contributed by atoms with E-state index in [0.717, 1.165) is 57.9 Å². The summed E-state index contributed by atoms with van der Waals surface area (Å²) in [6.45, 7) is 7.58. The molecule has 1 rings (SSSR count). The quantitative estimate of drug-likeness (QED) is 0.0738. The van der Waals surface area contributed by atoms with E-state index in [2.05, 4.69) is 20.8 Å². The molecule has 0 radical (unpaired) electrons. The van der Waals surface area contributed by atoms with Gasteiger partial charge in [-0.3, -0.25) is 19.2 Å². The monoisotopic (exact) mass is 645 g/mol. The van der Waals surface area contributed by atoms with Crippen molar-refractivity contribution in [2.75, 3.05) is 27.2 Å². The molecule has 0 amide bonds. The maximum absolute atomic E-state index is 11.8. The van der Waals surface area contributed by atoms with Gasteiger partial charge in [0.15, 0.2) is 0 Å². The Morgan fingerprint density at radius 2 is 1.07 bits per heavy atom. The Labute approximate surface area is 273 Å². The van der Waals surface area contributed by atoms with E-state index in [9.17, 15) is 19.2 Å². The molecule has 266 valence electrons. The summed E-state index contributed by atoms with van der Waals surface area (Å²) >= 11 is 0. The van der Waals surface area contributed by atoms with Crippen LogP contribution >= 0.6 is 0 Å². The fourth-order valence-corrected chi connectivity index (χ4v) is 4.52. The van der Waals surface area contributed by atoms with Crippen molar-refractivity contribution in [2.24, 2.45) is 0 Å². The van der Waals surface area contributed by atoms with Crippen molar-refractivity contribution in [2.45, 2.75) is 174 Å². The molecule has 1 aliphatic rings. The fraction of sp³-hybridized carbons (Fsp3) is 0.886. The molecular formula is C35H67NO9. The highest BCUT2D eigenvalue weighted by molar-refractivity contribution is 5.69. The van der Waals surface area contributed by atoms with E-state index < -0.39 is 18.2 Å². The number of esters is 2. The Balaban J connectivity index is 0. The predicted molar refractivity (Wildman–Crippen MR) is 178 cm³/mol. The van der Waals surface area contributed by atoms with Gasteiger partial charge in [-0.1, -0.05) is 97.8 Å². The average Bonchev–Trinajstić information content (AvgIpc) is 3.43. The van der Waals surface area contributed by atoms with Crippen molar-refractivity contribution in [3.63, 3.8) is 0 Å². The second kappa shape index (κ2) is 33.2. The summed E-state index contributed by atoms with van der Waals surface area (Å²) in [6, 6.07) is 0. The van der Waals surface area contributed by atoms with Crippen LogP contribution in [0.5, 0.6) is 0 Å². The van der Waals surface area contributed by atoms with Gasteiger partial charge >= 0.3 is 23.9 Å². The SMILES string of the molecule is CCCCCCCC(=O)O.CCCCCCCC(=O)O.CCCCCCCC(=O)O[C@H]1CCC(COC(=O)CCCN(C)C)O1. The fourth-order valence-electron chi connectivity index (χ4n) is 4.52. The third-order valence-electron chi connectivity index (χ3n) is 7.22. The molecule has 10 heteroatoms. The van der Waals surface area contributed by atoms with E-state index in [0.29, 0.717) is 32.1 Å². The minimum Gasteiger partial charge on any atom is -0.481 e. The van der Waals surface area contributed by atoms with Gasteiger partial charge in [-0.25, -0.2) is 0 Å². The molecule has 1 unspecified atom stereocenters.